The first-order valence-corrected chi connectivity index (χ1v) is 7.53. The molecule has 104 valence electrons. The number of hydrogen-bond acceptors (Lipinski definition) is 5. The van der Waals surface area contributed by atoms with Gasteiger partial charge in [0.2, 0.25) is 5.91 Å². The molecule has 0 aromatic carbocycles. The smallest absolute Gasteiger partial charge is 0.304 e. The van der Waals surface area contributed by atoms with E-state index in [0.717, 1.165) is 0 Å². The number of carbonyl (C=O) groups excluding carboxylic acids is 1. The molecule has 1 unspecified atom stereocenters. The number of aliphatic carboxylic acids is 1. The summed E-state index contributed by atoms with van der Waals surface area (Å²) in [5.41, 5.74) is 0. The normalized spacial score (nSPS) is 23.5. The van der Waals surface area contributed by atoms with Crippen molar-refractivity contribution in [2.24, 2.45) is 0 Å². The maximum absolute atomic E-state index is 11.5. The van der Waals surface area contributed by atoms with E-state index in [9.17, 15) is 18.0 Å². The van der Waals surface area contributed by atoms with Crippen molar-refractivity contribution in [1.82, 2.24) is 10.2 Å². The Labute approximate surface area is 106 Å². The molecule has 0 aromatic heterocycles. The van der Waals surface area contributed by atoms with Crippen LogP contribution in [0.25, 0.3) is 0 Å². The molecule has 0 bridgehead atoms. The van der Waals surface area contributed by atoms with Crippen LogP contribution >= 0.6 is 0 Å². The number of hydrogen-bond donors (Lipinski definition) is 2. The minimum absolute atomic E-state index is 0.0247. The molecule has 1 aliphatic heterocycles. The summed E-state index contributed by atoms with van der Waals surface area (Å²) in [4.78, 5) is 23.6. The van der Waals surface area contributed by atoms with Crippen molar-refractivity contribution in [3.63, 3.8) is 0 Å². The van der Waals surface area contributed by atoms with Gasteiger partial charge in [-0.15, -0.1) is 0 Å². The van der Waals surface area contributed by atoms with Crippen LogP contribution in [0.15, 0.2) is 0 Å². The molecule has 1 amide bonds. The zero-order chi connectivity index (χ0) is 13.8. The SMILES string of the molecule is CNC(=O)CCN1CCS(=O)(=O)CC1CC(=O)O. The van der Waals surface area contributed by atoms with Gasteiger partial charge in [0.1, 0.15) is 0 Å². The van der Waals surface area contributed by atoms with E-state index < -0.39 is 21.8 Å². The molecule has 0 aliphatic carbocycles. The molecular formula is C10H18N2O5S. The lowest BCUT2D eigenvalue weighted by Crippen LogP contribution is -2.50. The minimum Gasteiger partial charge on any atom is -0.481 e. The van der Waals surface area contributed by atoms with Gasteiger partial charge in [0.15, 0.2) is 9.84 Å². The van der Waals surface area contributed by atoms with Crippen molar-refractivity contribution >= 4 is 21.7 Å². The molecule has 2 N–H and O–H groups in total. The molecular weight excluding hydrogens is 260 g/mol. The van der Waals surface area contributed by atoms with Crippen LogP contribution in [0.2, 0.25) is 0 Å². The van der Waals surface area contributed by atoms with Crippen molar-refractivity contribution in [2.75, 3.05) is 31.6 Å². The third-order valence-electron chi connectivity index (χ3n) is 2.97. The fraction of sp³-hybridized carbons (Fsp3) is 0.800. The van der Waals surface area contributed by atoms with Gasteiger partial charge in [-0.2, -0.15) is 0 Å². The Balaban J connectivity index is 2.63. The third kappa shape index (κ3) is 4.61. The molecule has 8 heteroatoms. The van der Waals surface area contributed by atoms with Gasteiger partial charge in [-0.25, -0.2) is 8.42 Å². The highest BCUT2D eigenvalue weighted by atomic mass is 32.2. The Morgan fingerprint density at radius 3 is 2.67 bits per heavy atom. The van der Waals surface area contributed by atoms with E-state index in [1.165, 1.54) is 7.05 Å². The van der Waals surface area contributed by atoms with Gasteiger partial charge >= 0.3 is 5.97 Å². The van der Waals surface area contributed by atoms with Crippen LogP contribution in [0.3, 0.4) is 0 Å². The zero-order valence-corrected chi connectivity index (χ0v) is 11.1. The summed E-state index contributed by atoms with van der Waals surface area (Å²) in [6.45, 7) is 0.671. The zero-order valence-electron chi connectivity index (χ0n) is 10.3. The van der Waals surface area contributed by atoms with Gasteiger partial charge in [-0.3, -0.25) is 14.5 Å². The summed E-state index contributed by atoms with van der Waals surface area (Å²) in [5, 5.41) is 11.3. The van der Waals surface area contributed by atoms with E-state index in [1.54, 1.807) is 4.90 Å². The first-order chi connectivity index (χ1) is 8.34. The molecule has 18 heavy (non-hydrogen) atoms. The Morgan fingerprint density at radius 1 is 1.44 bits per heavy atom. The maximum atomic E-state index is 11.5. The maximum Gasteiger partial charge on any atom is 0.304 e. The molecule has 1 heterocycles. The van der Waals surface area contributed by atoms with E-state index in [-0.39, 0.29) is 36.8 Å². The van der Waals surface area contributed by atoms with Crippen molar-refractivity contribution in [3.8, 4) is 0 Å². The predicted molar refractivity (Wildman–Crippen MR) is 65.0 cm³/mol. The summed E-state index contributed by atoms with van der Waals surface area (Å²) in [5.74, 6) is -1.29. The largest absolute Gasteiger partial charge is 0.481 e. The lowest BCUT2D eigenvalue weighted by atomic mass is 10.2. The summed E-state index contributed by atoms with van der Waals surface area (Å²) in [7, 11) is -1.63. The number of carboxylic acids is 1. The van der Waals surface area contributed by atoms with Gasteiger partial charge in [0.25, 0.3) is 0 Å². The summed E-state index contributed by atoms with van der Waals surface area (Å²) in [6, 6.07) is -0.536. The highest BCUT2D eigenvalue weighted by Crippen LogP contribution is 2.15. The fourth-order valence-corrected chi connectivity index (χ4v) is 3.57. The third-order valence-corrected chi connectivity index (χ3v) is 4.66. The summed E-state index contributed by atoms with van der Waals surface area (Å²) >= 11 is 0. The quantitative estimate of drug-likeness (QED) is 0.647. The minimum atomic E-state index is -3.16. The number of carboxylic acid groups (broad SMARTS) is 1. The summed E-state index contributed by atoms with van der Waals surface area (Å²) in [6.07, 6.45) is 0.0274. The number of nitrogens with one attached hydrogen (secondary N) is 1. The van der Waals surface area contributed by atoms with Gasteiger partial charge < -0.3 is 10.4 Å². The Kier molecular flexibility index (Phi) is 5.09. The number of nitrogens with zero attached hydrogens (tertiary/aromatic N) is 1. The van der Waals surface area contributed by atoms with Crippen LogP contribution in [-0.4, -0.2) is 68.0 Å². The van der Waals surface area contributed by atoms with Crippen LogP contribution in [-0.2, 0) is 19.4 Å². The van der Waals surface area contributed by atoms with Gasteiger partial charge in [0.05, 0.1) is 17.9 Å². The molecule has 1 fully saturated rings. The van der Waals surface area contributed by atoms with Gasteiger partial charge in [-0.1, -0.05) is 0 Å². The molecule has 1 atom stereocenters. The standard InChI is InChI=1S/C10H18N2O5S/c1-11-9(13)2-3-12-4-5-18(16,17)7-8(12)6-10(14)15/h8H,2-7H2,1H3,(H,11,13)(H,14,15). The molecule has 1 aliphatic rings. The number of carbonyl (C=O) groups is 2. The Morgan fingerprint density at radius 2 is 2.11 bits per heavy atom. The van der Waals surface area contributed by atoms with Crippen LogP contribution in [0, 0.1) is 0 Å². The van der Waals surface area contributed by atoms with E-state index in [2.05, 4.69) is 5.32 Å². The molecule has 7 nitrogen and oxygen atoms in total. The first kappa shape index (κ1) is 14.9. The van der Waals surface area contributed by atoms with Crippen molar-refractivity contribution in [2.45, 2.75) is 18.9 Å². The average Bonchev–Trinajstić information content (AvgIpc) is 2.25. The monoisotopic (exact) mass is 278 g/mol. The Bertz CT molecular complexity index is 420. The number of rotatable bonds is 5. The highest BCUT2D eigenvalue weighted by Gasteiger charge is 2.32. The number of amides is 1. The van der Waals surface area contributed by atoms with Crippen molar-refractivity contribution in [1.29, 1.82) is 0 Å². The second-order valence-electron chi connectivity index (χ2n) is 4.33. The first-order valence-electron chi connectivity index (χ1n) is 5.71. The van der Waals surface area contributed by atoms with Gasteiger partial charge in [-0.05, 0) is 0 Å². The number of sulfone groups is 1. The van der Waals surface area contributed by atoms with E-state index >= 15 is 0 Å². The van der Waals surface area contributed by atoms with E-state index in [4.69, 9.17) is 5.11 Å². The lowest BCUT2D eigenvalue weighted by molar-refractivity contribution is -0.138. The fourth-order valence-electron chi connectivity index (χ4n) is 1.97. The second kappa shape index (κ2) is 6.14. The predicted octanol–water partition coefficient (Wildman–Crippen LogP) is -1.30. The van der Waals surface area contributed by atoms with E-state index in [0.29, 0.717) is 6.54 Å². The van der Waals surface area contributed by atoms with Gasteiger partial charge in [0, 0.05) is 32.6 Å². The van der Waals surface area contributed by atoms with Crippen LogP contribution in [0.5, 0.6) is 0 Å². The van der Waals surface area contributed by atoms with Crippen LogP contribution < -0.4 is 5.32 Å². The van der Waals surface area contributed by atoms with E-state index in [1.807, 2.05) is 0 Å². The topological polar surface area (TPSA) is 104 Å². The molecule has 0 saturated carbocycles. The van der Waals surface area contributed by atoms with Crippen molar-refractivity contribution < 1.29 is 23.1 Å². The summed E-state index contributed by atoms with van der Waals surface area (Å²) < 4.78 is 23.0. The Hall–Kier alpha value is -1.15. The molecule has 0 aromatic rings. The second-order valence-corrected chi connectivity index (χ2v) is 6.55. The molecule has 0 spiro atoms. The molecule has 1 rings (SSSR count). The van der Waals surface area contributed by atoms with Crippen molar-refractivity contribution in [3.05, 3.63) is 0 Å². The van der Waals surface area contributed by atoms with Crippen LogP contribution in [0.4, 0.5) is 0 Å². The average molecular weight is 278 g/mol. The van der Waals surface area contributed by atoms with Crippen LogP contribution in [0.1, 0.15) is 12.8 Å². The highest BCUT2D eigenvalue weighted by molar-refractivity contribution is 7.91. The lowest BCUT2D eigenvalue weighted by Gasteiger charge is -2.34. The molecule has 0 radical (unpaired) electrons. The molecule has 1 saturated heterocycles.